The third-order valence-electron chi connectivity index (χ3n) is 3.72. The molecule has 2 aromatic rings. The molecule has 0 saturated carbocycles. The molecule has 1 unspecified atom stereocenters. The topological polar surface area (TPSA) is 65.0 Å². The van der Waals surface area contributed by atoms with Gasteiger partial charge in [0.15, 0.2) is 17.6 Å². The van der Waals surface area contributed by atoms with Crippen molar-refractivity contribution in [3.63, 3.8) is 0 Å². The molecule has 0 aliphatic carbocycles. The lowest BCUT2D eigenvalue weighted by molar-refractivity contribution is -0.153. The van der Waals surface area contributed by atoms with Crippen LogP contribution < -0.4 is 9.47 Å². The number of carboxylic acids is 1. The van der Waals surface area contributed by atoms with Crippen LogP contribution in [0.3, 0.4) is 0 Å². The molecular weight excluding hydrogens is 424 g/mol. The molecule has 148 valence electrons. The highest BCUT2D eigenvalue weighted by Crippen LogP contribution is 2.28. The van der Waals surface area contributed by atoms with E-state index in [4.69, 9.17) is 14.2 Å². The van der Waals surface area contributed by atoms with E-state index >= 15 is 0 Å². The Morgan fingerprint density at radius 1 is 1.18 bits per heavy atom. The maximum Gasteiger partial charge on any atom is 0.333 e. The van der Waals surface area contributed by atoms with Crippen molar-refractivity contribution in [1.29, 1.82) is 0 Å². The van der Waals surface area contributed by atoms with Gasteiger partial charge in [0.2, 0.25) is 0 Å². The van der Waals surface area contributed by atoms with Crippen LogP contribution in [0.4, 0.5) is 0 Å². The summed E-state index contributed by atoms with van der Waals surface area (Å²) in [7, 11) is 1.55. The van der Waals surface area contributed by atoms with Crippen molar-refractivity contribution in [2.75, 3.05) is 13.7 Å². The monoisotopic (exact) mass is 446 g/mol. The first kappa shape index (κ1) is 21.8. The Bertz CT molecular complexity index is 867. The number of hydrogen-bond acceptors (Lipinski definition) is 4. The highest BCUT2D eigenvalue weighted by Gasteiger charge is 2.21. The smallest absolute Gasteiger partial charge is 0.333 e. The van der Waals surface area contributed by atoms with Crippen LogP contribution in [0, 0.1) is 11.8 Å². The quantitative estimate of drug-likeness (QED) is 0.612. The summed E-state index contributed by atoms with van der Waals surface area (Å²) in [6.07, 6.45) is -0.863. The van der Waals surface area contributed by atoms with Crippen molar-refractivity contribution >= 4 is 21.9 Å². The van der Waals surface area contributed by atoms with Gasteiger partial charge in [-0.15, -0.1) is 0 Å². The van der Waals surface area contributed by atoms with E-state index in [9.17, 15) is 9.90 Å². The zero-order valence-corrected chi connectivity index (χ0v) is 17.7. The van der Waals surface area contributed by atoms with Crippen LogP contribution in [-0.4, -0.2) is 37.0 Å². The van der Waals surface area contributed by atoms with Gasteiger partial charge >= 0.3 is 5.97 Å². The van der Waals surface area contributed by atoms with Crippen molar-refractivity contribution in [3.8, 4) is 23.3 Å². The first-order valence-corrected chi connectivity index (χ1v) is 9.60. The predicted molar refractivity (Wildman–Crippen MR) is 111 cm³/mol. The predicted octanol–water partition coefficient (Wildman–Crippen LogP) is 4.31. The van der Waals surface area contributed by atoms with Crippen LogP contribution in [0.5, 0.6) is 11.5 Å². The number of aliphatic carboxylic acids is 1. The Hall–Kier alpha value is -2.49. The van der Waals surface area contributed by atoms with Crippen molar-refractivity contribution in [2.45, 2.75) is 32.5 Å². The standard InChI is InChI=1S/C22H23BrO5/c1-15(2)28-21(22(24)25)14-17-9-10-19(26-3)20(13-17)27-11-5-7-16-6-4-8-18(23)12-16/h4,6,8-10,12-13,15,21H,11,14H2,1-3H3,(H,24,25). The number of ether oxygens (including phenoxy) is 3. The Kier molecular flexibility index (Phi) is 8.37. The number of carboxylic acid groups (broad SMARTS) is 1. The van der Waals surface area contributed by atoms with Crippen molar-refractivity contribution in [2.24, 2.45) is 0 Å². The van der Waals surface area contributed by atoms with Gasteiger partial charge < -0.3 is 19.3 Å². The average Bonchev–Trinajstić information content (AvgIpc) is 2.64. The second-order valence-electron chi connectivity index (χ2n) is 6.30. The van der Waals surface area contributed by atoms with Crippen LogP contribution in [0.2, 0.25) is 0 Å². The molecule has 1 atom stereocenters. The molecule has 0 saturated heterocycles. The van der Waals surface area contributed by atoms with Gasteiger partial charge in [0.05, 0.1) is 13.2 Å². The first-order valence-electron chi connectivity index (χ1n) is 8.81. The van der Waals surface area contributed by atoms with E-state index in [0.29, 0.717) is 11.5 Å². The van der Waals surface area contributed by atoms with E-state index in [-0.39, 0.29) is 19.1 Å². The molecule has 0 heterocycles. The van der Waals surface area contributed by atoms with Crippen molar-refractivity contribution < 1.29 is 24.1 Å². The summed E-state index contributed by atoms with van der Waals surface area (Å²) in [6.45, 7) is 3.79. The lowest BCUT2D eigenvalue weighted by Crippen LogP contribution is -2.29. The van der Waals surface area contributed by atoms with Crippen LogP contribution in [-0.2, 0) is 16.0 Å². The van der Waals surface area contributed by atoms with Gasteiger partial charge in [-0.1, -0.05) is 39.9 Å². The molecular formula is C22H23BrO5. The third-order valence-corrected chi connectivity index (χ3v) is 4.21. The normalized spacial score (nSPS) is 11.5. The molecule has 6 heteroatoms. The summed E-state index contributed by atoms with van der Waals surface area (Å²) in [5.41, 5.74) is 1.66. The first-order chi connectivity index (χ1) is 13.4. The third kappa shape index (κ3) is 6.91. The second-order valence-corrected chi connectivity index (χ2v) is 7.22. The fraction of sp³-hybridized carbons (Fsp3) is 0.318. The van der Waals surface area contributed by atoms with Crippen LogP contribution in [0.15, 0.2) is 46.9 Å². The van der Waals surface area contributed by atoms with E-state index in [1.54, 1.807) is 25.3 Å². The SMILES string of the molecule is COc1ccc(CC(OC(C)C)C(=O)O)cc1OCC#Cc1cccc(Br)c1. The summed E-state index contributed by atoms with van der Waals surface area (Å²) in [4.78, 5) is 11.4. The molecule has 5 nitrogen and oxygen atoms in total. The van der Waals surface area contributed by atoms with Crippen molar-refractivity contribution in [1.82, 2.24) is 0 Å². The number of methoxy groups -OCH3 is 1. The number of carbonyl (C=O) groups is 1. The van der Waals surface area contributed by atoms with Gasteiger partial charge in [0.25, 0.3) is 0 Å². The lowest BCUT2D eigenvalue weighted by atomic mass is 10.1. The molecule has 0 aromatic heterocycles. The van der Waals surface area contributed by atoms with Gasteiger partial charge in [-0.25, -0.2) is 4.79 Å². The number of rotatable bonds is 8. The maximum absolute atomic E-state index is 11.4. The van der Waals surface area contributed by atoms with Crippen LogP contribution >= 0.6 is 15.9 Å². The molecule has 2 rings (SSSR count). The van der Waals surface area contributed by atoms with Crippen molar-refractivity contribution in [3.05, 3.63) is 58.1 Å². The minimum Gasteiger partial charge on any atom is -0.493 e. The number of halogens is 1. The van der Waals surface area contributed by atoms with Crippen LogP contribution in [0.1, 0.15) is 25.0 Å². The van der Waals surface area contributed by atoms with Gasteiger partial charge in [-0.05, 0) is 49.7 Å². The van der Waals surface area contributed by atoms with Crippen LogP contribution in [0.25, 0.3) is 0 Å². The zero-order chi connectivity index (χ0) is 20.5. The largest absolute Gasteiger partial charge is 0.493 e. The molecule has 0 aliphatic rings. The van der Waals surface area contributed by atoms with E-state index in [0.717, 1.165) is 15.6 Å². The fourth-order valence-corrected chi connectivity index (χ4v) is 2.91. The van der Waals surface area contributed by atoms with E-state index in [1.807, 2.05) is 38.1 Å². The summed E-state index contributed by atoms with van der Waals surface area (Å²) in [6, 6.07) is 13.0. The molecule has 0 spiro atoms. The van der Waals surface area contributed by atoms with Gasteiger partial charge in [0.1, 0.15) is 6.61 Å². The lowest BCUT2D eigenvalue weighted by Gasteiger charge is -2.17. The van der Waals surface area contributed by atoms with E-state index in [1.165, 1.54) is 0 Å². The molecule has 0 radical (unpaired) electrons. The molecule has 1 N–H and O–H groups in total. The minimum atomic E-state index is -0.994. The maximum atomic E-state index is 11.4. The highest BCUT2D eigenvalue weighted by atomic mass is 79.9. The Balaban J connectivity index is 2.09. The van der Waals surface area contributed by atoms with E-state index < -0.39 is 12.1 Å². The summed E-state index contributed by atoms with van der Waals surface area (Å²) < 4.78 is 17.5. The Morgan fingerprint density at radius 2 is 1.96 bits per heavy atom. The number of hydrogen-bond donors (Lipinski definition) is 1. The van der Waals surface area contributed by atoms with Gasteiger partial charge in [-0.3, -0.25) is 0 Å². The minimum absolute atomic E-state index is 0.177. The Morgan fingerprint density at radius 3 is 2.61 bits per heavy atom. The summed E-state index contributed by atoms with van der Waals surface area (Å²) in [5.74, 6) is 6.08. The second kappa shape index (κ2) is 10.7. The Labute approximate surface area is 173 Å². The molecule has 0 fully saturated rings. The highest BCUT2D eigenvalue weighted by molar-refractivity contribution is 9.10. The number of benzene rings is 2. The van der Waals surface area contributed by atoms with Gasteiger partial charge in [-0.2, -0.15) is 0 Å². The zero-order valence-electron chi connectivity index (χ0n) is 16.1. The fourth-order valence-electron chi connectivity index (χ4n) is 2.52. The summed E-state index contributed by atoms with van der Waals surface area (Å²) in [5, 5.41) is 9.35. The average molecular weight is 447 g/mol. The van der Waals surface area contributed by atoms with Gasteiger partial charge in [0, 0.05) is 16.5 Å². The molecule has 0 amide bonds. The molecule has 2 aromatic carbocycles. The summed E-state index contributed by atoms with van der Waals surface area (Å²) >= 11 is 3.41. The molecule has 0 aliphatic heterocycles. The van der Waals surface area contributed by atoms with E-state index in [2.05, 4.69) is 27.8 Å². The molecule has 28 heavy (non-hydrogen) atoms. The molecule has 0 bridgehead atoms.